The van der Waals surface area contributed by atoms with Crippen molar-refractivity contribution in [2.24, 2.45) is 0 Å². The van der Waals surface area contributed by atoms with Crippen LogP contribution in [-0.2, 0) is 25.7 Å². The minimum atomic E-state index is -4.37. The van der Waals surface area contributed by atoms with Crippen molar-refractivity contribution in [1.29, 1.82) is 0 Å². The number of fused-ring (bicyclic) bond motifs is 1. The monoisotopic (exact) mass is 639 g/mol. The number of hydrogen-bond acceptors (Lipinski definition) is 10. The molecule has 1 fully saturated rings. The first-order valence-electron chi connectivity index (χ1n) is 15.0. The second-order valence-electron chi connectivity index (χ2n) is 11.3. The van der Waals surface area contributed by atoms with Gasteiger partial charge in [-0.05, 0) is 37.0 Å². The quantitative estimate of drug-likeness (QED) is 0.247. The maximum atomic E-state index is 13.1. The van der Waals surface area contributed by atoms with E-state index in [1.54, 1.807) is 38.4 Å². The van der Waals surface area contributed by atoms with Gasteiger partial charge in [0.05, 0.1) is 57.1 Å². The average Bonchev–Trinajstić information content (AvgIpc) is 3.73. The van der Waals surface area contributed by atoms with Gasteiger partial charge in [0.1, 0.15) is 12.1 Å². The fraction of sp³-hybridized carbons (Fsp3) is 0.406. The molecule has 2 aliphatic heterocycles. The zero-order chi connectivity index (χ0) is 32.4. The van der Waals surface area contributed by atoms with E-state index in [0.717, 1.165) is 59.8 Å². The van der Waals surface area contributed by atoms with E-state index in [4.69, 9.17) is 24.2 Å². The second kappa shape index (κ2) is 13.0. The highest BCUT2D eigenvalue weighted by Crippen LogP contribution is 2.40. The lowest BCUT2D eigenvalue weighted by atomic mass is 10.0. The number of aromatic nitrogens is 4. The fourth-order valence-electron chi connectivity index (χ4n) is 6.11. The lowest BCUT2D eigenvalue weighted by Crippen LogP contribution is -2.37. The van der Waals surface area contributed by atoms with Gasteiger partial charge in [0.2, 0.25) is 11.7 Å². The standard InChI is InChI=1S/C32H36F3N7O4/c1-44-26-13-23(14-27(45-2)29(26)46-3)41-17-28(36-19-41)38-31-37-25-16-40(15-20-6-8-21(9-7-20)32(33,34)35)12-10-24(25)30(39-31)42-11-4-5-22(42)18-43/h6-9,13-14,17,19,22,43H,4-5,10-12,15-16,18H2,1-3H3,(H,37,38,39)/t22-/m0/s1. The molecule has 0 unspecified atom stereocenters. The maximum absolute atomic E-state index is 13.1. The normalized spacial score (nSPS) is 16.8. The van der Waals surface area contributed by atoms with E-state index >= 15 is 0 Å². The highest BCUT2D eigenvalue weighted by molar-refractivity contribution is 5.60. The number of benzene rings is 2. The van der Waals surface area contributed by atoms with E-state index in [1.807, 2.05) is 12.1 Å². The predicted octanol–water partition coefficient (Wildman–Crippen LogP) is 4.97. The third-order valence-corrected chi connectivity index (χ3v) is 8.44. The molecule has 4 heterocycles. The van der Waals surface area contributed by atoms with Crippen LogP contribution in [0.1, 0.15) is 35.2 Å². The number of aliphatic hydroxyl groups is 1. The summed E-state index contributed by atoms with van der Waals surface area (Å²) in [6.07, 6.45) is 1.58. The van der Waals surface area contributed by atoms with Gasteiger partial charge in [0.15, 0.2) is 17.3 Å². The summed E-state index contributed by atoms with van der Waals surface area (Å²) in [6.45, 7) is 2.49. The summed E-state index contributed by atoms with van der Waals surface area (Å²) in [6, 6.07) is 8.89. The molecule has 14 heteroatoms. The average molecular weight is 640 g/mol. The summed E-state index contributed by atoms with van der Waals surface area (Å²) in [5.41, 5.74) is 2.73. The van der Waals surface area contributed by atoms with Crippen molar-refractivity contribution in [3.05, 3.63) is 71.3 Å². The van der Waals surface area contributed by atoms with Crippen molar-refractivity contribution in [1.82, 2.24) is 24.4 Å². The minimum Gasteiger partial charge on any atom is -0.493 e. The maximum Gasteiger partial charge on any atom is 0.416 e. The molecule has 2 aliphatic rings. The number of nitrogens with zero attached hydrogens (tertiary/aromatic N) is 6. The third kappa shape index (κ3) is 6.40. The van der Waals surface area contributed by atoms with Gasteiger partial charge in [-0.25, -0.2) is 9.97 Å². The Morgan fingerprint density at radius 1 is 1.00 bits per heavy atom. The first kappa shape index (κ1) is 31.4. The van der Waals surface area contributed by atoms with Crippen LogP contribution in [-0.4, -0.2) is 76.6 Å². The van der Waals surface area contributed by atoms with Gasteiger partial charge in [0.25, 0.3) is 0 Å². The zero-order valence-electron chi connectivity index (χ0n) is 25.8. The summed E-state index contributed by atoms with van der Waals surface area (Å²) in [4.78, 5) is 18.7. The fourth-order valence-corrected chi connectivity index (χ4v) is 6.11. The van der Waals surface area contributed by atoms with E-state index in [1.165, 1.54) is 12.1 Å². The van der Waals surface area contributed by atoms with Crippen LogP contribution in [0.5, 0.6) is 17.2 Å². The second-order valence-corrected chi connectivity index (χ2v) is 11.3. The Morgan fingerprint density at radius 2 is 1.74 bits per heavy atom. The summed E-state index contributed by atoms with van der Waals surface area (Å²) in [5.74, 6) is 3.17. The van der Waals surface area contributed by atoms with E-state index in [2.05, 4.69) is 20.1 Å². The van der Waals surface area contributed by atoms with Crippen LogP contribution in [0.15, 0.2) is 48.9 Å². The van der Waals surface area contributed by atoms with Gasteiger partial charge in [-0.1, -0.05) is 12.1 Å². The Balaban J connectivity index is 1.28. The molecular formula is C32H36F3N7O4. The number of anilines is 3. The van der Waals surface area contributed by atoms with Gasteiger partial charge in [0, 0.05) is 43.9 Å². The van der Waals surface area contributed by atoms with E-state index in [-0.39, 0.29) is 12.6 Å². The van der Waals surface area contributed by atoms with E-state index < -0.39 is 11.7 Å². The van der Waals surface area contributed by atoms with Crippen LogP contribution >= 0.6 is 0 Å². The largest absolute Gasteiger partial charge is 0.493 e. The summed E-state index contributed by atoms with van der Waals surface area (Å²) in [5, 5.41) is 13.3. The van der Waals surface area contributed by atoms with Crippen molar-refractivity contribution in [2.45, 2.75) is 44.6 Å². The van der Waals surface area contributed by atoms with Crippen LogP contribution in [0.4, 0.5) is 30.8 Å². The van der Waals surface area contributed by atoms with Crippen molar-refractivity contribution in [2.75, 3.05) is 51.2 Å². The molecule has 6 rings (SSSR count). The van der Waals surface area contributed by atoms with Crippen molar-refractivity contribution >= 4 is 17.6 Å². The van der Waals surface area contributed by atoms with Crippen LogP contribution in [0.2, 0.25) is 0 Å². The molecule has 0 spiro atoms. The summed E-state index contributed by atoms with van der Waals surface area (Å²) < 4.78 is 57.4. The lowest BCUT2D eigenvalue weighted by Gasteiger charge is -2.33. The molecule has 0 aliphatic carbocycles. The Kier molecular flexibility index (Phi) is 8.91. The molecule has 2 aromatic carbocycles. The topological polar surface area (TPSA) is 110 Å². The molecule has 46 heavy (non-hydrogen) atoms. The molecule has 244 valence electrons. The van der Waals surface area contributed by atoms with Crippen molar-refractivity contribution < 1.29 is 32.5 Å². The van der Waals surface area contributed by atoms with Crippen LogP contribution < -0.4 is 24.4 Å². The number of nitrogens with one attached hydrogen (secondary N) is 1. The number of hydrogen-bond donors (Lipinski definition) is 2. The Bertz CT molecular complexity index is 1650. The molecule has 2 N–H and O–H groups in total. The molecule has 2 aromatic heterocycles. The zero-order valence-corrected chi connectivity index (χ0v) is 25.8. The molecule has 1 atom stereocenters. The molecule has 4 aromatic rings. The molecule has 0 bridgehead atoms. The van der Waals surface area contributed by atoms with Crippen LogP contribution in [0.3, 0.4) is 0 Å². The minimum absolute atomic E-state index is 0.0285. The Hall–Kier alpha value is -4.56. The molecule has 0 amide bonds. The third-order valence-electron chi connectivity index (χ3n) is 8.44. The Labute approximate surface area is 264 Å². The van der Waals surface area contributed by atoms with Crippen molar-refractivity contribution in [3.8, 4) is 22.9 Å². The first-order chi connectivity index (χ1) is 22.2. The highest BCUT2D eigenvalue weighted by atomic mass is 19.4. The van der Waals surface area contributed by atoms with E-state index in [9.17, 15) is 18.3 Å². The van der Waals surface area contributed by atoms with Gasteiger partial charge in [-0.2, -0.15) is 18.2 Å². The smallest absolute Gasteiger partial charge is 0.416 e. The number of ether oxygens (including phenoxy) is 3. The van der Waals surface area contributed by atoms with Crippen LogP contribution in [0.25, 0.3) is 5.69 Å². The first-order valence-corrected chi connectivity index (χ1v) is 15.0. The van der Waals surface area contributed by atoms with Gasteiger partial charge < -0.3 is 34.1 Å². The van der Waals surface area contributed by atoms with E-state index in [0.29, 0.717) is 55.1 Å². The number of aliphatic hydroxyl groups excluding tert-OH is 1. The van der Waals surface area contributed by atoms with Crippen molar-refractivity contribution in [3.63, 3.8) is 0 Å². The number of methoxy groups -OCH3 is 3. The number of imidazole rings is 1. The summed E-state index contributed by atoms with van der Waals surface area (Å²) >= 11 is 0. The van der Waals surface area contributed by atoms with Gasteiger partial charge in [-0.15, -0.1) is 0 Å². The molecule has 11 nitrogen and oxygen atoms in total. The number of alkyl halides is 3. The van der Waals surface area contributed by atoms with Gasteiger partial charge >= 0.3 is 6.18 Å². The Morgan fingerprint density at radius 3 is 2.39 bits per heavy atom. The molecule has 0 saturated carbocycles. The molecule has 0 radical (unpaired) electrons. The SMILES string of the molecule is COc1cc(-n2cnc(Nc3nc4c(c(N5CCC[C@H]5CO)n3)CCN(Cc3ccc(C(F)(F)F)cc3)C4)c2)cc(OC)c1OC. The molecule has 1 saturated heterocycles. The van der Waals surface area contributed by atoms with Crippen LogP contribution in [0, 0.1) is 0 Å². The number of rotatable bonds is 10. The van der Waals surface area contributed by atoms with Gasteiger partial charge in [-0.3, -0.25) is 4.90 Å². The lowest BCUT2D eigenvalue weighted by molar-refractivity contribution is -0.137. The summed E-state index contributed by atoms with van der Waals surface area (Å²) in [7, 11) is 4.66. The highest BCUT2D eigenvalue weighted by Gasteiger charge is 2.32. The number of halogens is 3. The molecular weight excluding hydrogens is 603 g/mol. The predicted molar refractivity (Wildman–Crippen MR) is 165 cm³/mol.